The van der Waals surface area contributed by atoms with Gasteiger partial charge in [0.05, 0.1) is 0 Å². The number of carbonyl (C=O) groups is 1. The second-order valence-electron chi connectivity index (χ2n) is 3.54. The van der Waals surface area contributed by atoms with Crippen LogP contribution in [-0.4, -0.2) is 21.6 Å². The van der Waals surface area contributed by atoms with Crippen LogP contribution in [-0.2, 0) is 4.79 Å². The van der Waals surface area contributed by atoms with Crippen molar-refractivity contribution in [2.24, 2.45) is 5.92 Å². The standard InChI is InChI=1S/C8H14O2S/c1-8(2)6(3-4-11-8)5-7(9)10/h6H,3-5H2,1-2H3,(H,9,10). The third kappa shape index (κ3) is 2.12. The zero-order valence-electron chi connectivity index (χ0n) is 6.96. The summed E-state index contributed by atoms with van der Waals surface area (Å²) in [5.41, 5.74) is 0. The Labute approximate surface area is 71.4 Å². The predicted molar refractivity (Wildman–Crippen MR) is 46.9 cm³/mol. The second-order valence-corrected chi connectivity index (χ2v) is 5.28. The molecule has 1 unspecified atom stereocenters. The van der Waals surface area contributed by atoms with Crippen molar-refractivity contribution in [3.8, 4) is 0 Å². The fourth-order valence-corrected chi connectivity index (χ4v) is 2.85. The molecule has 0 spiro atoms. The summed E-state index contributed by atoms with van der Waals surface area (Å²) in [6.45, 7) is 4.27. The molecule has 64 valence electrons. The first-order chi connectivity index (χ1) is 5.02. The van der Waals surface area contributed by atoms with Gasteiger partial charge in [-0.3, -0.25) is 4.79 Å². The zero-order chi connectivity index (χ0) is 8.48. The first-order valence-electron chi connectivity index (χ1n) is 3.88. The maximum Gasteiger partial charge on any atom is 0.303 e. The van der Waals surface area contributed by atoms with Crippen molar-refractivity contribution in [1.82, 2.24) is 0 Å². The molecule has 1 aliphatic rings. The lowest BCUT2D eigenvalue weighted by Gasteiger charge is -2.24. The number of carboxylic acids is 1. The Bertz CT molecular complexity index is 165. The van der Waals surface area contributed by atoms with Crippen molar-refractivity contribution in [2.45, 2.75) is 31.4 Å². The van der Waals surface area contributed by atoms with Crippen LogP contribution in [0.2, 0.25) is 0 Å². The van der Waals surface area contributed by atoms with Crippen molar-refractivity contribution in [3.63, 3.8) is 0 Å². The van der Waals surface area contributed by atoms with E-state index in [4.69, 9.17) is 5.11 Å². The minimum atomic E-state index is -0.662. The van der Waals surface area contributed by atoms with Crippen LogP contribution in [0.4, 0.5) is 0 Å². The van der Waals surface area contributed by atoms with E-state index in [1.165, 1.54) is 0 Å². The normalized spacial score (nSPS) is 28.7. The third-order valence-corrected chi connectivity index (χ3v) is 3.86. The SMILES string of the molecule is CC1(C)SCCC1CC(=O)O. The average molecular weight is 174 g/mol. The molecule has 1 N–H and O–H groups in total. The maximum atomic E-state index is 10.4. The number of carboxylic acid groups (broad SMARTS) is 1. The Morgan fingerprint density at radius 3 is 2.73 bits per heavy atom. The topological polar surface area (TPSA) is 37.3 Å². The molecule has 0 aromatic carbocycles. The van der Waals surface area contributed by atoms with E-state index in [0.29, 0.717) is 12.3 Å². The van der Waals surface area contributed by atoms with E-state index < -0.39 is 5.97 Å². The summed E-state index contributed by atoms with van der Waals surface area (Å²) in [5, 5.41) is 8.60. The van der Waals surface area contributed by atoms with Crippen LogP contribution in [0.25, 0.3) is 0 Å². The summed E-state index contributed by atoms with van der Waals surface area (Å²) in [7, 11) is 0. The quantitative estimate of drug-likeness (QED) is 0.695. The molecule has 0 amide bonds. The lowest BCUT2D eigenvalue weighted by atomic mass is 9.90. The summed E-state index contributed by atoms with van der Waals surface area (Å²) in [6.07, 6.45) is 1.39. The highest BCUT2D eigenvalue weighted by Crippen LogP contribution is 2.43. The number of hydrogen-bond donors (Lipinski definition) is 1. The average Bonchev–Trinajstić information content (AvgIpc) is 2.10. The van der Waals surface area contributed by atoms with Crippen molar-refractivity contribution in [3.05, 3.63) is 0 Å². The second kappa shape index (κ2) is 3.05. The molecule has 0 aromatic heterocycles. The van der Waals surface area contributed by atoms with Crippen LogP contribution in [0.3, 0.4) is 0 Å². The van der Waals surface area contributed by atoms with Gasteiger partial charge in [0, 0.05) is 11.2 Å². The molecule has 0 radical (unpaired) electrons. The molecular weight excluding hydrogens is 160 g/mol. The van der Waals surface area contributed by atoms with Gasteiger partial charge in [-0.2, -0.15) is 11.8 Å². The third-order valence-electron chi connectivity index (χ3n) is 2.34. The van der Waals surface area contributed by atoms with E-state index in [0.717, 1.165) is 12.2 Å². The Balaban J connectivity index is 2.51. The molecule has 0 saturated carbocycles. The first-order valence-corrected chi connectivity index (χ1v) is 4.86. The van der Waals surface area contributed by atoms with Gasteiger partial charge >= 0.3 is 5.97 Å². The molecule has 1 rings (SSSR count). The molecule has 1 fully saturated rings. The number of hydrogen-bond acceptors (Lipinski definition) is 2. The summed E-state index contributed by atoms with van der Waals surface area (Å²) >= 11 is 1.89. The number of rotatable bonds is 2. The van der Waals surface area contributed by atoms with Crippen LogP contribution in [0.5, 0.6) is 0 Å². The van der Waals surface area contributed by atoms with E-state index in [1.54, 1.807) is 0 Å². The molecule has 1 heterocycles. The summed E-state index contributed by atoms with van der Waals surface area (Å²) in [6, 6.07) is 0. The Hall–Kier alpha value is -0.180. The van der Waals surface area contributed by atoms with Crippen molar-refractivity contribution < 1.29 is 9.90 Å². The largest absolute Gasteiger partial charge is 0.481 e. The van der Waals surface area contributed by atoms with E-state index in [-0.39, 0.29) is 4.75 Å². The maximum absolute atomic E-state index is 10.4. The van der Waals surface area contributed by atoms with E-state index >= 15 is 0 Å². The van der Waals surface area contributed by atoms with Gasteiger partial charge in [0.1, 0.15) is 0 Å². The summed E-state index contributed by atoms with van der Waals surface area (Å²) in [5.74, 6) is 0.820. The molecule has 0 aliphatic carbocycles. The highest BCUT2D eigenvalue weighted by molar-refractivity contribution is 8.00. The molecule has 1 aliphatic heterocycles. The molecule has 2 nitrogen and oxygen atoms in total. The molecule has 0 aromatic rings. The highest BCUT2D eigenvalue weighted by Gasteiger charge is 2.36. The molecule has 1 saturated heterocycles. The number of aliphatic carboxylic acids is 1. The van der Waals surface area contributed by atoms with Gasteiger partial charge in [0.15, 0.2) is 0 Å². The van der Waals surface area contributed by atoms with Crippen LogP contribution in [0.1, 0.15) is 26.7 Å². The van der Waals surface area contributed by atoms with E-state index in [1.807, 2.05) is 11.8 Å². The van der Waals surface area contributed by atoms with Gasteiger partial charge in [-0.05, 0) is 18.1 Å². The predicted octanol–water partition coefficient (Wildman–Crippen LogP) is 1.99. The monoisotopic (exact) mass is 174 g/mol. The lowest BCUT2D eigenvalue weighted by Crippen LogP contribution is -2.24. The summed E-state index contributed by atoms with van der Waals surface area (Å²) < 4.78 is 0.179. The van der Waals surface area contributed by atoms with Crippen LogP contribution in [0, 0.1) is 5.92 Å². The van der Waals surface area contributed by atoms with Crippen LogP contribution >= 0.6 is 11.8 Å². The first kappa shape index (κ1) is 8.91. The molecule has 3 heteroatoms. The van der Waals surface area contributed by atoms with Gasteiger partial charge in [0.25, 0.3) is 0 Å². The minimum absolute atomic E-state index is 0.179. The molecule has 11 heavy (non-hydrogen) atoms. The molecular formula is C8H14O2S. The Morgan fingerprint density at radius 2 is 2.36 bits per heavy atom. The van der Waals surface area contributed by atoms with Gasteiger partial charge in [-0.1, -0.05) is 13.8 Å². The van der Waals surface area contributed by atoms with Crippen LogP contribution in [0.15, 0.2) is 0 Å². The highest BCUT2D eigenvalue weighted by atomic mass is 32.2. The fraction of sp³-hybridized carbons (Fsp3) is 0.875. The summed E-state index contributed by atoms with van der Waals surface area (Å²) in [4.78, 5) is 10.4. The van der Waals surface area contributed by atoms with Gasteiger partial charge in [0.2, 0.25) is 0 Å². The molecule has 1 atom stereocenters. The smallest absolute Gasteiger partial charge is 0.303 e. The van der Waals surface area contributed by atoms with Gasteiger partial charge < -0.3 is 5.11 Å². The fourth-order valence-electron chi connectivity index (χ4n) is 1.49. The van der Waals surface area contributed by atoms with E-state index in [2.05, 4.69) is 13.8 Å². The van der Waals surface area contributed by atoms with Crippen molar-refractivity contribution in [2.75, 3.05) is 5.75 Å². The lowest BCUT2D eigenvalue weighted by molar-refractivity contribution is -0.138. The van der Waals surface area contributed by atoms with Crippen molar-refractivity contribution in [1.29, 1.82) is 0 Å². The zero-order valence-corrected chi connectivity index (χ0v) is 7.78. The van der Waals surface area contributed by atoms with Crippen LogP contribution < -0.4 is 0 Å². The molecule has 0 bridgehead atoms. The van der Waals surface area contributed by atoms with Gasteiger partial charge in [-0.15, -0.1) is 0 Å². The minimum Gasteiger partial charge on any atom is -0.481 e. The Kier molecular flexibility index (Phi) is 2.47. The Morgan fingerprint density at radius 1 is 1.73 bits per heavy atom. The van der Waals surface area contributed by atoms with E-state index in [9.17, 15) is 4.79 Å². The van der Waals surface area contributed by atoms with Crippen molar-refractivity contribution >= 4 is 17.7 Å². The van der Waals surface area contributed by atoms with Gasteiger partial charge in [-0.25, -0.2) is 0 Å². The number of thioether (sulfide) groups is 1.